The standard InChI is InChI=1S/C30H40ClNO12/c1-14-4-5-17(30(40-3)29(43-44-30)18-6-16-7-19(29)11-27(31,9-16)10-18)8-22(14)41-28(26(38)39)12-20(35)23(32-15(2)34)25(42-28)24(37)21(36)13-33/h4-5,8,16,18-21,23-25,33,35-37H,6-7,9-13H2,1-3H3,(H,32,34)(H,38,39). The first-order chi connectivity index (χ1) is 20.7. The molecule has 6 fully saturated rings. The summed E-state index contributed by atoms with van der Waals surface area (Å²) in [5.41, 5.74) is 0.254. The molecule has 4 bridgehead atoms. The molecule has 0 radical (unpaired) electrons. The van der Waals surface area contributed by atoms with Crippen molar-refractivity contribution < 1.29 is 59.1 Å². The molecular formula is C30H40ClNO12. The first kappa shape index (κ1) is 31.9. The summed E-state index contributed by atoms with van der Waals surface area (Å²) in [6.07, 6.45) is -3.17. The molecule has 2 heterocycles. The number of carbonyl (C=O) groups is 2. The molecule has 13 nitrogen and oxygen atoms in total. The van der Waals surface area contributed by atoms with E-state index in [9.17, 15) is 35.1 Å². The van der Waals surface area contributed by atoms with Gasteiger partial charge in [0.05, 0.1) is 25.2 Å². The third-order valence-corrected chi connectivity index (χ3v) is 10.9. The van der Waals surface area contributed by atoms with E-state index >= 15 is 0 Å². The molecule has 1 aromatic rings. The van der Waals surface area contributed by atoms with Gasteiger partial charge in [0.1, 0.15) is 24.1 Å². The van der Waals surface area contributed by atoms with E-state index in [4.69, 9.17) is 35.6 Å². The van der Waals surface area contributed by atoms with Crippen molar-refractivity contribution >= 4 is 23.5 Å². The molecule has 4 saturated carbocycles. The summed E-state index contributed by atoms with van der Waals surface area (Å²) in [6, 6.07) is 3.81. The lowest BCUT2D eigenvalue weighted by molar-refractivity contribution is -0.645. The number of hydrogen-bond acceptors (Lipinski definition) is 11. The van der Waals surface area contributed by atoms with E-state index in [1.54, 1.807) is 25.1 Å². The van der Waals surface area contributed by atoms with Gasteiger partial charge in [-0.25, -0.2) is 9.68 Å². The SMILES string of the molecule is COC1(c2ccc(C)c(OC3(C(=O)O)CC(O)C(NC(C)=O)C(C(O)C(O)CO)O3)c2)OOC12C1CC3CC2CC(Cl)(C3)C1. The van der Waals surface area contributed by atoms with Crippen molar-refractivity contribution in [1.82, 2.24) is 5.32 Å². The fraction of sp³-hybridized carbons (Fsp3) is 0.733. The van der Waals surface area contributed by atoms with E-state index in [2.05, 4.69) is 5.32 Å². The Morgan fingerprint density at radius 2 is 1.82 bits per heavy atom. The van der Waals surface area contributed by atoms with Crippen molar-refractivity contribution in [1.29, 1.82) is 0 Å². The highest BCUT2D eigenvalue weighted by molar-refractivity contribution is 6.24. The second kappa shape index (κ2) is 11.0. The highest BCUT2D eigenvalue weighted by Crippen LogP contribution is 2.71. The van der Waals surface area contributed by atoms with Crippen LogP contribution in [0.15, 0.2) is 18.2 Å². The quantitative estimate of drug-likeness (QED) is 0.165. The number of aryl methyl sites for hydroxylation is 1. The van der Waals surface area contributed by atoms with Crippen LogP contribution < -0.4 is 10.1 Å². The largest absolute Gasteiger partial charge is 0.476 e. The second-order valence-corrected chi connectivity index (χ2v) is 14.0. The van der Waals surface area contributed by atoms with Crippen LogP contribution in [-0.4, -0.2) is 97.8 Å². The minimum Gasteiger partial charge on any atom is -0.476 e. The number of carbonyl (C=O) groups excluding carboxylic acids is 1. The Kier molecular flexibility index (Phi) is 7.99. The summed E-state index contributed by atoms with van der Waals surface area (Å²) < 4.78 is 18.0. The molecule has 2 saturated heterocycles. The number of carboxylic acid groups (broad SMARTS) is 1. The summed E-state index contributed by atoms with van der Waals surface area (Å²) >= 11 is 7.02. The van der Waals surface area contributed by atoms with Crippen molar-refractivity contribution in [3.05, 3.63) is 29.3 Å². The van der Waals surface area contributed by atoms with Gasteiger partial charge in [0, 0.05) is 24.5 Å². The van der Waals surface area contributed by atoms with E-state index in [0.717, 1.165) is 32.1 Å². The van der Waals surface area contributed by atoms with E-state index < -0.39 is 72.5 Å². The van der Waals surface area contributed by atoms with Crippen molar-refractivity contribution in [2.75, 3.05) is 13.7 Å². The summed E-state index contributed by atoms with van der Waals surface area (Å²) in [4.78, 5) is 36.3. The van der Waals surface area contributed by atoms with Crippen molar-refractivity contribution in [3.8, 4) is 5.75 Å². The smallest absolute Gasteiger partial charge is 0.377 e. The maximum atomic E-state index is 12.8. The van der Waals surface area contributed by atoms with Crippen LogP contribution in [0.3, 0.4) is 0 Å². The van der Waals surface area contributed by atoms with Crippen LogP contribution in [0.25, 0.3) is 0 Å². The number of carboxylic acids is 1. The van der Waals surface area contributed by atoms with Gasteiger partial charge in [-0.2, -0.15) is 4.89 Å². The lowest BCUT2D eigenvalue weighted by atomic mass is 9.46. The first-order valence-electron chi connectivity index (χ1n) is 15.0. The van der Waals surface area contributed by atoms with Gasteiger partial charge in [0.2, 0.25) is 5.91 Å². The molecule has 9 unspecified atom stereocenters. The minimum absolute atomic E-state index is 0.0747. The number of amides is 1. The number of aliphatic hydroxyl groups is 4. The lowest BCUT2D eigenvalue weighted by Crippen LogP contribution is -2.78. The van der Waals surface area contributed by atoms with Gasteiger partial charge < -0.3 is 45.1 Å². The number of methoxy groups -OCH3 is 1. The van der Waals surface area contributed by atoms with Crippen LogP contribution in [0.2, 0.25) is 0 Å². The molecular weight excluding hydrogens is 602 g/mol. The zero-order valence-electron chi connectivity index (χ0n) is 24.8. The van der Waals surface area contributed by atoms with E-state index in [1.807, 2.05) is 0 Å². The van der Waals surface area contributed by atoms with Crippen LogP contribution in [0.5, 0.6) is 5.75 Å². The number of nitrogens with one attached hydrogen (secondary N) is 1. The Hall–Kier alpha value is -2.07. The maximum absolute atomic E-state index is 12.8. The van der Waals surface area contributed by atoms with Gasteiger partial charge in [-0.05, 0) is 68.4 Å². The predicted octanol–water partition coefficient (Wildman–Crippen LogP) is 0.841. The lowest BCUT2D eigenvalue weighted by Gasteiger charge is -2.70. The normalized spacial score (nSPS) is 43.7. The van der Waals surface area contributed by atoms with E-state index in [1.165, 1.54) is 14.0 Å². The van der Waals surface area contributed by atoms with Crippen LogP contribution in [-0.2, 0) is 34.6 Å². The molecule has 1 amide bonds. The zero-order chi connectivity index (χ0) is 31.8. The highest BCUT2D eigenvalue weighted by Gasteiger charge is 2.78. The number of ether oxygens (including phenoxy) is 3. The van der Waals surface area contributed by atoms with E-state index in [-0.39, 0.29) is 22.5 Å². The summed E-state index contributed by atoms with van der Waals surface area (Å²) in [7, 11) is 1.53. The maximum Gasteiger partial charge on any atom is 0.377 e. The van der Waals surface area contributed by atoms with Crippen molar-refractivity contribution in [3.63, 3.8) is 0 Å². The van der Waals surface area contributed by atoms with Crippen molar-refractivity contribution in [2.45, 2.75) is 105 Å². The first-order valence-corrected chi connectivity index (χ1v) is 15.4. The second-order valence-electron chi connectivity index (χ2n) is 13.2. The molecule has 244 valence electrons. The number of hydrogen-bond donors (Lipinski definition) is 6. The zero-order valence-corrected chi connectivity index (χ0v) is 25.5. The monoisotopic (exact) mass is 641 g/mol. The molecule has 1 aromatic carbocycles. The fourth-order valence-electron chi connectivity index (χ4n) is 8.67. The van der Waals surface area contributed by atoms with Gasteiger partial charge >= 0.3 is 11.8 Å². The number of halogens is 1. The number of rotatable bonds is 9. The third kappa shape index (κ3) is 4.66. The summed E-state index contributed by atoms with van der Waals surface area (Å²) in [5.74, 6) is -5.34. The molecule has 2 aliphatic heterocycles. The van der Waals surface area contributed by atoms with Crippen LogP contribution >= 0.6 is 11.6 Å². The molecule has 4 aliphatic carbocycles. The van der Waals surface area contributed by atoms with Crippen molar-refractivity contribution in [2.24, 2.45) is 17.8 Å². The average Bonchev–Trinajstić information content (AvgIpc) is 2.94. The van der Waals surface area contributed by atoms with Gasteiger partial charge in [-0.3, -0.25) is 4.79 Å². The molecule has 6 aliphatic rings. The van der Waals surface area contributed by atoms with Gasteiger partial charge in [-0.1, -0.05) is 12.1 Å². The topological polar surface area (TPSA) is 193 Å². The highest BCUT2D eigenvalue weighted by atomic mass is 35.5. The molecule has 7 rings (SSSR count). The fourth-order valence-corrected chi connectivity index (χ4v) is 9.26. The molecule has 1 spiro atoms. The number of aliphatic carboxylic acids is 1. The Labute approximate surface area is 259 Å². The Morgan fingerprint density at radius 1 is 1.14 bits per heavy atom. The van der Waals surface area contributed by atoms with E-state index in [0.29, 0.717) is 17.0 Å². The Balaban J connectivity index is 1.35. The van der Waals surface area contributed by atoms with Gasteiger partial charge in [0.25, 0.3) is 5.79 Å². The van der Waals surface area contributed by atoms with Crippen LogP contribution in [0.4, 0.5) is 0 Å². The van der Waals surface area contributed by atoms with Gasteiger partial charge in [0.15, 0.2) is 5.60 Å². The molecule has 14 heteroatoms. The summed E-state index contributed by atoms with van der Waals surface area (Å²) in [6.45, 7) is 1.98. The number of aliphatic hydroxyl groups excluding tert-OH is 4. The third-order valence-electron chi connectivity index (χ3n) is 10.5. The molecule has 44 heavy (non-hydrogen) atoms. The summed E-state index contributed by atoms with van der Waals surface area (Å²) in [5, 5.41) is 54.2. The predicted molar refractivity (Wildman–Crippen MR) is 150 cm³/mol. The molecule has 0 aromatic heterocycles. The molecule has 6 N–H and O–H groups in total. The van der Waals surface area contributed by atoms with Crippen LogP contribution in [0, 0.1) is 24.7 Å². The average molecular weight is 642 g/mol. The number of alkyl halides is 1. The minimum atomic E-state index is -2.55. The van der Waals surface area contributed by atoms with Gasteiger partial charge in [-0.15, -0.1) is 11.6 Å². The Morgan fingerprint density at radius 3 is 2.34 bits per heavy atom. The Bertz CT molecular complexity index is 1290. The number of benzene rings is 1. The molecule has 9 atom stereocenters. The van der Waals surface area contributed by atoms with Crippen LogP contribution in [0.1, 0.15) is 56.6 Å².